The van der Waals surface area contributed by atoms with Crippen LogP contribution in [0, 0.1) is 14.9 Å². The van der Waals surface area contributed by atoms with Crippen molar-refractivity contribution in [2.24, 2.45) is 0 Å². The van der Waals surface area contributed by atoms with Gasteiger partial charge in [0, 0.05) is 11.4 Å². The van der Waals surface area contributed by atoms with E-state index >= 15 is 0 Å². The number of nitrogens with one attached hydrogen (secondary N) is 2. The Morgan fingerprint density at radius 1 is 1.00 bits per heavy atom. The minimum Gasteiger partial charge on any atom is -0.494 e. The summed E-state index contributed by atoms with van der Waals surface area (Å²) in [5, 5.41) is 15.6. The summed E-state index contributed by atoms with van der Waals surface area (Å²) >= 11 is 13.9. The molecule has 38 heavy (non-hydrogen) atoms. The lowest BCUT2D eigenvalue weighted by Crippen LogP contribution is -2.20. The van der Waals surface area contributed by atoms with E-state index in [1.165, 1.54) is 19.3 Å². The maximum Gasteiger partial charge on any atom is 0.266 e. The molecule has 0 unspecified atom stereocenters. The number of benzene rings is 3. The van der Waals surface area contributed by atoms with Crippen LogP contribution >= 0.6 is 45.8 Å². The molecule has 3 aromatic rings. The molecule has 0 atom stereocenters. The van der Waals surface area contributed by atoms with Gasteiger partial charge in [0.1, 0.15) is 17.4 Å². The van der Waals surface area contributed by atoms with E-state index in [1.807, 2.05) is 35.6 Å². The van der Waals surface area contributed by atoms with E-state index in [4.69, 9.17) is 37.4 Å². The van der Waals surface area contributed by atoms with Gasteiger partial charge in [-0.05, 0) is 95.8 Å². The summed E-state index contributed by atoms with van der Waals surface area (Å²) in [6.45, 7) is 2.12. The van der Waals surface area contributed by atoms with E-state index in [2.05, 4.69) is 10.6 Å². The lowest BCUT2D eigenvalue weighted by molar-refractivity contribution is -0.118. The first-order chi connectivity index (χ1) is 18.2. The van der Waals surface area contributed by atoms with E-state index < -0.39 is 11.8 Å². The van der Waals surface area contributed by atoms with Crippen LogP contribution in [0.25, 0.3) is 6.08 Å². The molecule has 0 radical (unpaired) electrons. The number of carbonyl (C=O) groups excluding carboxylic acids is 2. The van der Waals surface area contributed by atoms with Gasteiger partial charge in [-0.2, -0.15) is 5.26 Å². The standard InChI is InChI=1S/C27H22Cl2IN3O5/c1-3-37-20-7-4-18(5-8-20)33-27(35)17(14-31)10-16-11-23(30)26(24(12-16)36-2)38-15-25(34)32-19-6-9-21(28)22(29)13-19/h4-13H,3,15H2,1-2H3,(H,32,34)(H,33,35)/b17-10+. The molecule has 3 aromatic carbocycles. The normalized spacial score (nSPS) is 10.8. The predicted octanol–water partition coefficient (Wildman–Crippen LogP) is 6.57. The third-order valence-corrected chi connectivity index (χ3v) is 6.44. The largest absolute Gasteiger partial charge is 0.494 e. The van der Waals surface area contributed by atoms with Crippen molar-refractivity contribution in [1.29, 1.82) is 5.26 Å². The number of rotatable bonds is 10. The maximum atomic E-state index is 12.7. The van der Waals surface area contributed by atoms with E-state index in [-0.39, 0.29) is 12.2 Å². The topological polar surface area (TPSA) is 110 Å². The number of anilines is 2. The molecule has 0 aliphatic heterocycles. The lowest BCUT2D eigenvalue weighted by atomic mass is 10.1. The zero-order valence-corrected chi connectivity index (χ0v) is 24.0. The van der Waals surface area contributed by atoms with E-state index in [0.29, 0.717) is 54.4 Å². The number of amides is 2. The molecule has 0 aromatic heterocycles. The summed E-state index contributed by atoms with van der Waals surface area (Å²) in [6, 6.07) is 16.8. The van der Waals surface area contributed by atoms with Gasteiger partial charge in [-0.3, -0.25) is 9.59 Å². The third-order valence-electron chi connectivity index (χ3n) is 4.90. The number of methoxy groups -OCH3 is 1. The number of nitriles is 1. The first-order valence-corrected chi connectivity index (χ1v) is 13.0. The highest BCUT2D eigenvalue weighted by atomic mass is 127. The van der Waals surface area contributed by atoms with Crippen LogP contribution in [-0.2, 0) is 9.59 Å². The molecular weight excluding hydrogens is 644 g/mol. The summed E-state index contributed by atoms with van der Waals surface area (Å²) in [7, 11) is 1.45. The molecule has 0 saturated heterocycles. The van der Waals surface area contributed by atoms with Gasteiger partial charge in [0.25, 0.3) is 11.8 Å². The van der Waals surface area contributed by atoms with Crippen molar-refractivity contribution in [3.63, 3.8) is 0 Å². The Morgan fingerprint density at radius 3 is 2.34 bits per heavy atom. The minimum absolute atomic E-state index is 0.105. The smallest absolute Gasteiger partial charge is 0.266 e. The molecule has 0 aliphatic rings. The third kappa shape index (κ3) is 8.02. The van der Waals surface area contributed by atoms with Crippen molar-refractivity contribution in [3.05, 3.63) is 79.3 Å². The van der Waals surface area contributed by atoms with Crippen molar-refractivity contribution in [3.8, 4) is 23.3 Å². The summed E-state index contributed by atoms with van der Waals surface area (Å²) in [4.78, 5) is 25.0. The first kappa shape index (κ1) is 29.1. The number of hydrogen-bond acceptors (Lipinski definition) is 6. The van der Waals surface area contributed by atoms with Crippen LogP contribution in [0.15, 0.2) is 60.2 Å². The number of nitrogens with zero attached hydrogens (tertiary/aromatic N) is 1. The van der Waals surface area contributed by atoms with Crippen LogP contribution in [0.1, 0.15) is 12.5 Å². The molecule has 196 valence electrons. The Balaban J connectivity index is 1.71. The van der Waals surface area contributed by atoms with Crippen LogP contribution in [-0.4, -0.2) is 32.1 Å². The molecule has 2 amide bonds. The number of halogens is 3. The van der Waals surface area contributed by atoms with Crippen molar-refractivity contribution >= 4 is 75.1 Å². The molecule has 8 nitrogen and oxygen atoms in total. The van der Waals surface area contributed by atoms with Crippen molar-refractivity contribution in [2.75, 3.05) is 31.0 Å². The van der Waals surface area contributed by atoms with Crippen LogP contribution < -0.4 is 24.8 Å². The van der Waals surface area contributed by atoms with Crippen LogP contribution in [0.2, 0.25) is 10.0 Å². The fourth-order valence-corrected chi connectivity index (χ4v) is 4.27. The fraction of sp³-hybridized carbons (Fsp3) is 0.148. The van der Waals surface area contributed by atoms with Gasteiger partial charge in [0.15, 0.2) is 18.1 Å². The summed E-state index contributed by atoms with van der Waals surface area (Å²) in [5.74, 6) is 0.367. The Kier molecular flexibility index (Phi) is 10.6. The molecule has 0 aliphatic carbocycles. The Bertz CT molecular complexity index is 1410. The number of ether oxygens (including phenoxy) is 3. The van der Waals surface area contributed by atoms with Gasteiger partial charge >= 0.3 is 0 Å². The van der Waals surface area contributed by atoms with E-state index in [9.17, 15) is 14.9 Å². The Hall–Kier alpha value is -3.46. The molecule has 0 saturated carbocycles. The molecule has 0 spiro atoms. The maximum absolute atomic E-state index is 12.7. The van der Waals surface area contributed by atoms with Crippen molar-refractivity contribution in [1.82, 2.24) is 0 Å². The molecule has 3 rings (SSSR count). The van der Waals surface area contributed by atoms with Gasteiger partial charge in [-0.1, -0.05) is 23.2 Å². The van der Waals surface area contributed by atoms with Crippen molar-refractivity contribution < 1.29 is 23.8 Å². The summed E-state index contributed by atoms with van der Waals surface area (Å²) < 4.78 is 17.1. The second kappa shape index (κ2) is 13.9. The Morgan fingerprint density at radius 2 is 1.71 bits per heavy atom. The molecule has 0 bridgehead atoms. The Labute approximate surface area is 243 Å². The average molecular weight is 666 g/mol. The zero-order valence-electron chi connectivity index (χ0n) is 20.3. The van der Waals surface area contributed by atoms with E-state index in [1.54, 1.807) is 48.5 Å². The highest BCUT2D eigenvalue weighted by Crippen LogP contribution is 2.35. The van der Waals surface area contributed by atoms with Gasteiger partial charge in [0.05, 0.1) is 27.3 Å². The van der Waals surface area contributed by atoms with Gasteiger partial charge in [-0.25, -0.2) is 0 Å². The highest BCUT2D eigenvalue weighted by molar-refractivity contribution is 14.1. The molecule has 11 heteroatoms. The predicted molar refractivity (Wildman–Crippen MR) is 156 cm³/mol. The van der Waals surface area contributed by atoms with Crippen LogP contribution in [0.5, 0.6) is 17.2 Å². The first-order valence-electron chi connectivity index (χ1n) is 11.1. The second-order valence-corrected chi connectivity index (χ2v) is 9.56. The fourth-order valence-electron chi connectivity index (χ4n) is 3.19. The zero-order chi connectivity index (χ0) is 27.7. The molecule has 0 fully saturated rings. The monoisotopic (exact) mass is 665 g/mol. The minimum atomic E-state index is -0.565. The summed E-state index contributed by atoms with van der Waals surface area (Å²) in [6.07, 6.45) is 1.44. The average Bonchev–Trinajstić information content (AvgIpc) is 2.89. The number of carbonyl (C=O) groups is 2. The lowest BCUT2D eigenvalue weighted by Gasteiger charge is -2.14. The molecular formula is C27H22Cl2IN3O5. The van der Waals surface area contributed by atoms with Crippen LogP contribution in [0.3, 0.4) is 0 Å². The number of hydrogen-bond donors (Lipinski definition) is 2. The summed E-state index contributed by atoms with van der Waals surface area (Å²) in [5.41, 5.74) is 1.43. The quantitative estimate of drug-likeness (QED) is 0.144. The second-order valence-electron chi connectivity index (χ2n) is 7.58. The van der Waals surface area contributed by atoms with Crippen LogP contribution in [0.4, 0.5) is 11.4 Å². The van der Waals surface area contributed by atoms with E-state index in [0.717, 1.165) is 0 Å². The van der Waals surface area contributed by atoms with Gasteiger partial charge in [-0.15, -0.1) is 0 Å². The van der Waals surface area contributed by atoms with Gasteiger partial charge in [0.2, 0.25) is 0 Å². The van der Waals surface area contributed by atoms with Crippen molar-refractivity contribution in [2.45, 2.75) is 6.92 Å². The molecule has 0 heterocycles. The highest BCUT2D eigenvalue weighted by Gasteiger charge is 2.16. The molecule has 2 N–H and O–H groups in total. The van der Waals surface area contributed by atoms with Gasteiger partial charge < -0.3 is 24.8 Å². The SMILES string of the molecule is CCOc1ccc(NC(=O)/C(C#N)=C/c2cc(I)c(OCC(=O)Nc3ccc(Cl)c(Cl)c3)c(OC)c2)cc1.